The van der Waals surface area contributed by atoms with Crippen LogP contribution in [0, 0.1) is 5.82 Å². The Hall–Kier alpha value is -4.70. The first kappa shape index (κ1) is 34.6. The van der Waals surface area contributed by atoms with Crippen molar-refractivity contribution in [3.05, 3.63) is 126 Å². The molecule has 0 aliphatic heterocycles. The molecular formula is C38H42FN3O5S. The zero-order chi connectivity index (χ0) is 33.9. The van der Waals surface area contributed by atoms with Crippen molar-refractivity contribution in [1.29, 1.82) is 0 Å². The number of amides is 2. The van der Waals surface area contributed by atoms with E-state index in [1.807, 2.05) is 37.3 Å². The van der Waals surface area contributed by atoms with Gasteiger partial charge < -0.3 is 15.0 Å². The molecule has 4 aromatic carbocycles. The number of nitrogens with zero attached hydrogens (tertiary/aromatic N) is 2. The van der Waals surface area contributed by atoms with E-state index in [-0.39, 0.29) is 29.8 Å². The highest BCUT2D eigenvalue weighted by molar-refractivity contribution is 7.92. The van der Waals surface area contributed by atoms with Gasteiger partial charge in [-0.2, -0.15) is 0 Å². The van der Waals surface area contributed by atoms with Crippen molar-refractivity contribution in [2.45, 2.75) is 69.0 Å². The van der Waals surface area contributed by atoms with Gasteiger partial charge in [0.2, 0.25) is 11.8 Å². The average molecular weight is 672 g/mol. The Labute approximate surface area is 282 Å². The molecule has 2 amide bonds. The van der Waals surface area contributed by atoms with Crippen molar-refractivity contribution < 1.29 is 27.1 Å². The molecule has 0 saturated heterocycles. The summed E-state index contributed by atoms with van der Waals surface area (Å²) in [7, 11) is -4.24. The fraction of sp³-hybridized carbons (Fsp3) is 0.316. The summed E-state index contributed by atoms with van der Waals surface area (Å²) < 4.78 is 48.9. The normalized spacial score (nSPS) is 14.1. The highest BCUT2D eigenvalue weighted by atomic mass is 32.2. The number of halogens is 1. The average Bonchev–Trinajstić information content (AvgIpc) is 3.11. The molecule has 10 heteroatoms. The van der Waals surface area contributed by atoms with Gasteiger partial charge in [0.05, 0.1) is 17.2 Å². The molecule has 1 aliphatic carbocycles. The minimum atomic E-state index is -4.24. The Morgan fingerprint density at radius 3 is 2.08 bits per heavy atom. The van der Waals surface area contributed by atoms with E-state index in [1.54, 1.807) is 54.6 Å². The minimum Gasteiger partial charge on any atom is -0.494 e. The lowest BCUT2D eigenvalue weighted by Gasteiger charge is -2.35. The van der Waals surface area contributed by atoms with E-state index in [9.17, 15) is 22.4 Å². The molecule has 0 unspecified atom stereocenters. The third kappa shape index (κ3) is 9.01. The SMILES string of the molecule is CCOc1ccc(S(=O)(=O)N(CC(=O)N(Cc2ccc(F)cc2)[C@H](Cc2ccccc2)C(=O)NC2CCCCC2)c2ccccc2)cc1. The topological polar surface area (TPSA) is 96.0 Å². The molecule has 0 bridgehead atoms. The first-order valence-corrected chi connectivity index (χ1v) is 17.9. The summed E-state index contributed by atoms with van der Waals surface area (Å²) in [4.78, 5) is 30.2. The number of para-hydroxylation sites is 1. The second-order valence-electron chi connectivity index (χ2n) is 11.9. The smallest absolute Gasteiger partial charge is 0.264 e. The predicted octanol–water partition coefficient (Wildman–Crippen LogP) is 6.51. The number of hydrogen-bond donors (Lipinski definition) is 1. The summed E-state index contributed by atoms with van der Waals surface area (Å²) in [5.41, 5.74) is 1.75. The number of rotatable bonds is 14. The fourth-order valence-corrected chi connectivity index (χ4v) is 7.42. The molecule has 1 atom stereocenters. The molecule has 1 N–H and O–H groups in total. The van der Waals surface area contributed by atoms with Crippen LogP contribution in [0.4, 0.5) is 10.1 Å². The monoisotopic (exact) mass is 671 g/mol. The van der Waals surface area contributed by atoms with Crippen LogP contribution in [0.5, 0.6) is 5.75 Å². The summed E-state index contributed by atoms with van der Waals surface area (Å²) >= 11 is 0. The van der Waals surface area contributed by atoms with Crippen molar-refractivity contribution in [3.63, 3.8) is 0 Å². The van der Waals surface area contributed by atoms with Gasteiger partial charge in [0, 0.05) is 19.0 Å². The lowest BCUT2D eigenvalue weighted by atomic mass is 9.94. The molecular weight excluding hydrogens is 629 g/mol. The van der Waals surface area contributed by atoms with E-state index in [0.717, 1.165) is 42.0 Å². The lowest BCUT2D eigenvalue weighted by molar-refractivity contribution is -0.140. The molecule has 4 aromatic rings. The molecule has 8 nitrogen and oxygen atoms in total. The highest BCUT2D eigenvalue weighted by Crippen LogP contribution is 2.27. The van der Waals surface area contributed by atoms with E-state index < -0.39 is 34.3 Å². The van der Waals surface area contributed by atoms with Gasteiger partial charge in [-0.3, -0.25) is 13.9 Å². The number of ether oxygens (including phenoxy) is 1. The Morgan fingerprint density at radius 1 is 0.833 bits per heavy atom. The van der Waals surface area contributed by atoms with Crippen LogP contribution in [0.1, 0.15) is 50.2 Å². The summed E-state index contributed by atoms with van der Waals surface area (Å²) in [6.07, 6.45) is 5.08. The van der Waals surface area contributed by atoms with E-state index in [1.165, 1.54) is 29.2 Å². The maximum absolute atomic E-state index is 14.6. The van der Waals surface area contributed by atoms with Crippen molar-refractivity contribution in [3.8, 4) is 5.75 Å². The van der Waals surface area contributed by atoms with Gasteiger partial charge in [-0.25, -0.2) is 12.8 Å². The van der Waals surface area contributed by atoms with Crippen LogP contribution in [0.3, 0.4) is 0 Å². The van der Waals surface area contributed by atoms with Gasteiger partial charge in [0.1, 0.15) is 24.2 Å². The lowest BCUT2D eigenvalue weighted by Crippen LogP contribution is -2.55. The molecule has 0 spiro atoms. The maximum Gasteiger partial charge on any atom is 0.264 e. The van der Waals surface area contributed by atoms with Gasteiger partial charge in [-0.1, -0.05) is 79.9 Å². The van der Waals surface area contributed by atoms with Crippen molar-refractivity contribution in [1.82, 2.24) is 10.2 Å². The van der Waals surface area contributed by atoms with E-state index in [0.29, 0.717) is 23.6 Å². The number of anilines is 1. The highest BCUT2D eigenvalue weighted by Gasteiger charge is 2.35. The van der Waals surface area contributed by atoms with Gasteiger partial charge in [0.15, 0.2) is 0 Å². The molecule has 0 radical (unpaired) electrons. The van der Waals surface area contributed by atoms with Gasteiger partial charge >= 0.3 is 0 Å². The zero-order valence-corrected chi connectivity index (χ0v) is 27.9. The van der Waals surface area contributed by atoms with E-state index in [2.05, 4.69) is 5.32 Å². The number of benzene rings is 4. The molecule has 252 valence electrons. The number of carbonyl (C=O) groups is 2. The third-order valence-corrected chi connectivity index (χ3v) is 10.3. The van der Waals surface area contributed by atoms with Crippen LogP contribution in [0.15, 0.2) is 114 Å². The Bertz CT molecular complexity index is 1730. The van der Waals surface area contributed by atoms with Crippen LogP contribution in [0.25, 0.3) is 0 Å². The predicted molar refractivity (Wildman–Crippen MR) is 184 cm³/mol. The molecule has 0 aromatic heterocycles. The van der Waals surface area contributed by atoms with Gasteiger partial charge in [-0.15, -0.1) is 0 Å². The Balaban J connectivity index is 1.53. The molecule has 1 aliphatic rings. The minimum absolute atomic E-state index is 0.00634. The number of sulfonamides is 1. The van der Waals surface area contributed by atoms with Crippen LogP contribution in [-0.2, 0) is 32.6 Å². The van der Waals surface area contributed by atoms with Crippen molar-refractivity contribution in [2.75, 3.05) is 17.5 Å². The first-order valence-electron chi connectivity index (χ1n) is 16.4. The second-order valence-corrected chi connectivity index (χ2v) is 13.8. The van der Waals surface area contributed by atoms with Gasteiger partial charge in [0.25, 0.3) is 10.0 Å². The molecule has 48 heavy (non-hydrogen) atoms. The number of hydrogen-bond acceptors (Lipinski definition) is 5. The quantitative estimate of drug-likeness (QED) is 0.165. The van der Waals surface area contributed by atoms with E-state index >= 15 is 0 Å². The summed E-state index contributed by atoms with van der Waals surface area (Å²) in [5.74, 6) is -0.777. The molecule has 0 heterocycles. The fourth-order valence-electron chi connectivity index (χ4n) is 6.01. The van der Waals surface area contributed by atoms with Crippen molar-refractivity contribution >= 4 is 27.5 Å². The maximum atomic E-state index is 14.6. The third-order valence-electron chi connectivity index (χ3n) is 8.53. The van der Waals surface area contributed by atoms with Crippen LogP contribution >= 0.6 is 0 Å². The largest absolute Gasteiger partial charge is 0.494 e. The van der Waals surface area contributed by atoms with Crippen LogP contribution in [-0.4, -0.2) is 50.4 Å². The molecule has 1 fully saturated rings. The standard InChI is InChI=1S/C38H42FN3O5S/c1-2-47-34-22-24-35(25-23-34)48(45,46)42(33-16-10-5-11-17-33)28-37(43)41(27-30-18-20-31(39)21-19-30)36(26-29-12-6-3-7-13-29)38(44)40-32-14-8-4-9-15-32/h3,5-7,10-13,16-25,32,36H,2,4,8-9,14-15,26-28H2,1H3,(H,40,44)/t36-/m1/s1. The summed E-state index contributed by atoms with van der Waals surface area (Å²) in [6, 6.07) is 28.7. The number of nitrogens with one attached hydrogen (secondary N) is 1. The first-order chi connectivity index (χ1) is 23.2. The molecule has 1 saturated carbocycles. The van der Waals surface area contributed by atoms with Crippen molar-refractivity contribution in [2.24, 2.45) is 0 Å². The number of carbonyl (C=O) groups excluding carboxylic acids is 2. The van der Waals surface area contributed by atoms with Crippen LogP contribution < -0.4 is 14.4 Å². The zero-order valence-electron chi connectivity index (χ0n) is 27.1. The Morgan fingerprint density at radius 2 is 1.46 bits per heavy atom. The summed E-state index contributed by atoms with van der Waals surface area (Å²) in [5, 5.41) is 3.19. The summed E-state index contributed by atoms with van der Waals surface area (Å²) in [6.45, 7) is 1.67. The second kappa shape index (κ2) is 16.4. The molecule has 5 rings (SSSR count). The Kier molecular flexibility index (Phi) is 11.8. The van der Waals surface area contributed by atoms with E-state index in [4.69, 9.17) is 4.74 Å². The van der Waals surface area contributed by atoms with Gasteiger partial charge in [-0.05, 0) is 79.4 Å². The van der Waals surface area contributed by atoms with Crippen LogP contribution in [0.2, 0.25) is 0 Å².